The number of fused-ring (bicyclic) bond motifs is 1. The molecule has 8 nitrogen and oxygen atoms in total. The first-order chi connectivity index (χ1) is 15.4. The number of rotatable bonds is 9. The van der Waals surface area contributed by atoms with Gasteiger partial charge in [0.1, 0.15) is 5.75 Å². The van der Waals surface area contributed by atoms with Crippen LogP contribution >= 0.6 is 0 Å². The van der Waals surface area contributed by atoms with E-state index in [2.05, 4.69) is 12.2 Å². The van der Waals surface area contributed by atoms with E-state index < -0.39 is 11.6 Å². The zero-order valence-electron chi connectivity index (χ0n) is 20.8. The summed E-state index contributed by atoms with van der Waals surface area (Å²) >= 11 is 0. The van der Waals surface area contributed by atoms with E-state index in [0.717, 1.165) is 12.8 Å². The molecular formula is C25H37N3O5. The number of amides is 2. The van der Waals surface area contributed by atoms with Crippen LogP contribution in [0, 0.1) is 5.92 Å². The number of nitrogens with zero attached hydrogens (tertiary/aromatic N) is 2. The van der Waals surface area contributed by atoms with Gasteiger partial charge in [-0.1, -0.05) is 27.2 Å². The molecule has 0 aliphatic carbocycles. The lowest BCUT2D eigenvalue weighted by Crippen LogP contribution is -2.45. The molecule has 8 heteroatoms. The van der Waals surface area contributed by atoms with Crippen molar-refractivity contribution in [3.8, 4) is 5.75 Å². The van der Waals surface area contributed by atoms with Gasteiger partial charge in [-0.25, -0.2) is 4.79 Å². The zero-order chi connectivity index (χ0) is 24.9. The molecule has 0 aliphatic rings. The Morgan fingerprint density at radius 2 is 1.88 bits per heavy atom. The summed E-state index contributed by atoms with van der Waals surface area (Å²) in [7, 11) is 0. The summed E-state index contributed by atoms with van der Waals surface area (Å²) in [6.45, 7) is 13.8. The second-order valence-corrected chi connectivity index (χ2v) is 9.77. The molecule has 0 fully saturated rings. The third kappa shape index (κ3) is 6.49. The van der Waals surface area contributed by atoms with E-state index in [9.17, 15) is 19.5 Å². The number of anilines is 1. The molecule has 0 radical (unpaired) electrons. The first-order valence-corrected chi connectivity index (χ1v) is 11.5. The van der Waals surface area contributed by atoms with Crippen LogP contribution in [0.3, 0.4) is 0 Å². The Bertz CT molecular complexity index is 1070. The fourth-order valence-corrected chi connectivity index (χ4v) is 3.68. The second kappa shape index (κ2) is 10.7. The summed E-state index contributed by atoms with van der Waals surface area (Å²) in [6, 6.07) is 5.11. The van der Waals surface area contributed by atoms with Gasteiger partial charge < -0.3 is 19.7 Å². The second-order valence-electron chi connectivity index (χ2n) is 9.77. The van der Waals surface area contributed by atoms with Crippen LogP contribution in [0.4, 0.5) is 10.5 Å². The van der Waals surface area contributed by atoms with Crippen molar-refractivity contribution in [2.45, 2.75) is 79.9 Å². The molecule has 1 heterocycles. The first-order valence-electron chi connectivity index (χ1n) is 11.5. The number of ether oxygens (including phenoxy) is 1. The highest BCUT2D eigenvalue weighted by Crippen LogP contribution is 2.33. The molecule has 2 aromatic rings. The number of benzene rings is 1. The van der Waals surface area contributed by atoms with Gasteiger partial charge in [0.15, 0.2) is 0 Å². The molecule has 0 aliphatic heterocycles. The maximum absolute atomic E-state index is 13.6. The minimum Gasteiger partial charge on any atom is -0.491 e. The van der Waals surface area contributed by atoms with Crippen LogP contribution in [0.15, 0.2) is 23.0 Å². The van der Waals surface area contributed by atoms with Crippen LogP contribution in [0.25, 0.3) is 10.8 Å². The van der Waals surface area contributed by atoms with Gasteiger partial charge in [-0.2, -0.15) is 0 Å². The average Bonchev–Trinajstić information content (AvgIpc) is 2.68. The maximum Gasteiger partial charge on any atom is 0.408 e. The first kappa shape index (κ1) is 26.2. The fourth-order valence-electron chi connectivity index (χ4n) is 3.68. The molecular weight excluding hydrogens is 422 g/mol. The molecule has 2 amide bonds. The van der Waals surface area contributed by atoms with Crippen molar-refractivity contribution in [2.24, 2.45) is 5.92 Å². The van der Waals surface area contributed by atoms with E-state index >= 15 is 0 Å². The Hall–Kier alpha value is -3.03. The number of carboxylic acid groups (broad SMARTS) is 1. The van der Waals surface area contributed by atoms with E-state index in [-0.39, 0.29) is 23.9 Å². The monoisotopic (exact) mass is 459 g/mol. The van der Waals surface area contributed by atoms with Crippen molar-refractivity contribution in [1.82, 2.24) is 9.47 Å². The van der Waals surface area contributed by atoms with Gasteiger partial charge in [0.25, 0.3) is 5.56 Å². The normalized spacial score (nSPS) is 11.6. The van der Waals surface area contributed by atoms with E-state index in [1.807, 2.05) is 34.6 Å². The van der Waals surface area contributed by atoms with E-state index in [4.69, 9.17) is 4.74 Å². The molecule has 0 spiro atoms. The number of carbonyl (C=O) groups excluding carboxylic acids is 1. The molecule has 0 saturated carbocycles. The van der Waals surface area contributed by atoms with Crippen molar-refractivity contribution in [3.05, 3.63) is 34.2 Å². The van der Waals surface area contributed by atoms with Gasteiger partial charge in [0.2, 0.25) is 5.91 Å². The number of unbranched alkanes of at least 4 members (excludes halogenated alkanes) is 1. The lowest BCUT2D eigenvalue weighted by Gasteiger charge is -2.34. The molecule has 1 aromatic heterocycles. The number of aromatic nitrogens is 1. The third-order valence-electron chi connectivity index (χ3n) is 5.29. The van der Waals surface area contributed by atoms with Crippen LogP contribution in [0.5, 0.6) is 5.75 Å². The summed E-state index contributed by atoms with van der Waals surface area (Å²) in [5.41, 5.74) is 0.186. The highest BCUT2D eigenvalue weighted by atomic mass is 16.5. The standard InChI is InChI=1S/C25H37N3O5/c1-8-9-12-33-22-20-13-18(26-17(4)29)10-11-19(20)23(30)27(14-16(2)3)21(22)15-28(24(31)32)25(5,6)7/h10-11,13,16H,8-9,12,14-15H2,1-7H3,(H,26,29)(H,31,32). The Morgan fingerprint density at radius 1 is 1.21 bits per heavy atom. The summed E-state index contributed by atoms with van der Waals surface area (Å²) < 4.78 is 7.88. The Labute approximate surface area is 195 Å². The number of hydrogen-bond acceptors (Lipinski definition) is 4. The van der Waals surface area contributed by atoms with Crippen molar-refractivity contribution >= 4 is 28.5 Å². The van der Waals surface area contributed by atoms with E-state index in [1.54, 1.807) is 22.8 Å². The van der Waals surface area contributed by atoms with E-state index in [0.29, 0.717) is 41.1 Å². The third-order valence-corrected chi connectivity index (χ3v) is 5.29. The van der Waals surface area contributed by atoms with Crippen molar-refractivity contribution in [3.63, 3.8) is 0 Å². The molecule has 33 heavy (non-hydrogen) atoms. The van der Waals surface area contributed by atoms with E-state index in [1.165, 1.54) is 11.8 Å². The predicted octanol–water partition coefficient (Wildman–Crippen LogP) is 5.07. The summed E-state index contributed by atoms with van der Waals surface area (Å²) in [4.78, 5) is 38.6. The molecule has 182 valence electrons. The van der Waals surface area contributed by atoms with Gasteiger partial charge in [0.05, 0.1) is 24.2 Å². The number of carbonyl (C=O) groups is 2. The number of hydrogen-bond donors (Lipinski definition) is 2. The Kier molecular flexibility index (Phi) is 8.52. The summed E-state index contributed by atoms with van der Waals surface area (Å²) in [6.07, 6.45) is 0.675. The Balaban J connectivity index is 2.88. The average molecular weight is 460 g/mol. The van der Waals surface area contributed by atoms with Crippen molar-refractivity contribution < 1.29 is 19.4 Å². The highest BCUT2D eigenvalue weighted by Gasteiger charge is 2.30. The minimum absolute atomic E-state index is 0.00254. The molecule has 1 aromatic carbocycles. The molecule has 0 atom stereocenters. The van der Waals surface area contributed by atoms with Crippen LogP contribution in [0.1, 0.15) is 67.0 Å². The molecule has 2 rings (SSSR count). The number of pyridine rings is 1. The SMILES string of the molecule is CCCCOc1c(CN(C(=O)O)C(C)(C)C)n(CC(C)C)c(=O)c2ccc(NC(C)=O)cc12. The lowest BCUT2D eigenvalue weighted by atomic mass is 10.0. The molecule has 0 unspecified atom stereocenters. The lowest BCUT2D eigenvalue weighted by molar-refractivity contribution is -0.114. The van der Waals surface area contributed by atoms with Crippen molar-refractivity contribution in [2.75, 3.05) is 11.9 Å². The number of nitrogens with one attached hydrogen (secondary N) is 1. The molecule has 2 N–H and O–H groups in total. The van der Waals surface area contributed by atoms with Gasteiger partial charge in [-0.05, 0) is 51.3 Å². The highest BCUT2D eigenvalue weighted by molar-refractivity contribution is 5.95. The predicted molar refractivity (Wildman–Crippen MR) is 131 cm³/mol. The maximum atomic E-state index is 13.6. The quantitative estimate of drug-likeness (QED) is 0.510. The zero-order valence-corrected chi connectivity index (χ0v) is 20.8. The van der Waals surface area contributed by atoms with Crippen molar-refractivity contribution in [1.29, 1.82) is 0 Å². The Morgan fingerprint density at radius 3 is 2.39 bits per heavy atom. The fraction of sp³-hybridized carbons (Fsp3) is 0.560. The summed E-state index contributed by atoms with van der Waals surface area (Å²) in [5, 5.41) is 13.7. The van der Waals surface area contributed by atoms with Gasteiger partial charge in [0, 0.05) is 30.1 Å². The van der Waals surface area contributed by atoms with Crippen LogP contribution < -0.4 is 15.6 Å². The smallest absolute Gasteiger partial charge is 0.408 e. The minimum atomic E-state index is -1.07. The van der Waals surface area contributed by atoms with Gasteiger partial charge >= 0.3 is 6.09 Å². The van der Waals surface area contributed by atoms with Gasteiger partial charge in [-0.15, -0.1) is 0 Å². The summed E-state index contributed by atoms with van der Waals surface area (Å²) in [5.74, 6) is 0.427. The molecule has 0 saturated heterocycles. The topological polar surface area (TPSA) is 101 Å². The largest absolute Gasteiger partial charge is 0.491 e. The van der Waals surface area contributed by atoms with Gasteiger partial charge in [-0.3, -0.25) is 14.5 Å². The van der Waals surface area contributed by atoms with Crippen LogP contribution in [-0.2, 0) is 17.9 Å². The molecule has 0 bridgehead atoms. The van der Waals surface area contributed by atoms with Crippen LogP contribution in [-0.4, -0.2) is 38.7 Å². The van der Waals surface area contributed by atoms with Crippen LogP contribution in [0.2, 0.25) is 0 Å².